The normalized spacial score (nSPS) is 11.4. The van der Waals surface area contributed by atoms with Gasteiger partial charge in [0, 0.05) is 15.1 Å². The van der Waals surface area contributed by atoms with Gasteiger partial charge in [0.1, 0.15) is 5.75 Å². The molecule has 0 aromatic heterocycles. The van der Waals surface area contributed by atoms with E-state index in [1.165, 1.54) is 30.5 Å². The molecule has 0 aliphatic carbocycles. The lowest BCUT2D eigenvalue weighted by atomic mass is 10.2. The summed E-state index contributed by atoms with van der Waals surface area (Å²) in [4.78, 5) is 24.5. The van der Waals surface area contributed by atoms with E-state index in [9.17, 15) is 18.0 Å². The van der Waals surface area contributed by atoms with Gasteiger partial charge in [-0.15, -0.1) is 0 Å². The van der Waals surface area contributed by atoms with Crippen molar-refractivity contribution in [1.82, 2.24) is 10.1 Å². The van der Waals surface area contributed by atoms with Crippen LogP contribution in [0.25, 0.3) is 0 Å². The molecule has 11 heteroatoms. The molecule has 0 saturated heterocycles. The lowest BCUT2D eigenvalue weighted by Gasteiger charge is -2.08. The number of carbonyl (C=O) groups excluding carboxylic acids is 2. The predicted molar refractivity (Wildman–Crippen MR) is 133 cm³/mol. The van der Waals surface area contributed by atoms with Crippen molar-refractivity contribution in [1.29, 1.82) is 0 Å². The van der Waals surface area contributed by atoms with E-state index in [0.717, 1.165) is 5.56 Å². The second kappa shape index (κ2) is 11.4. The van der Waals surface area contributed by atoms with Crippen LogP contribution in [0.15, 0.2) is 81.2 Å². The summed E-state index contributed by atoms with van der Waals surface area (Å²) in [7, 11) is -3.84. The number of amides is 1. The first kappa shape index (κ1) is 25.6. The molecule has 0 heterocycles. The van der Waals surface area contributed by atoms with Crippen molar-refractivity contribution in [3.05, 3.63) is 92.9 Å². The van der Waals surface area contributed by atoms with Crippen LogP contribution in [0.4, 0.5) is 0 Å². The second-order valence-corrected chi connectivity index (χ2v) is 10.1. The van der Waals surface area contributed by atoms with Gasteiger partial charge in [0.15, 0.2) is 0 Å². The number of ether oxygens (including phenoxy) is 1. The minimum Gasteiger partial charge on any atom is -0.422 e. The van der Waals surface area contributed by atoms with E-state index in [2.05, 4.69) is 31.2 Å². The molecular formula is C23H19BrClN3O5S. The van der Waals surface area contributed by atoms with E-state index < -0.39 is 28.4 Å². The van der Waals surface area contributed by atoms with Gasteiger partial charge in [-0.25, -0.2) is 23.4 Å². The molecule has 0 saturated carbocycles. The third-order valence-corrected chi connectivity index (χ3v) is 6.56. The number of aryl methyl sites for hydroxylation is 1. The Morgan fingerprint density at radius 1 is 1.06 bits per heavy atom. The summed E-state index contributed by atoms with van der Waals surface area (Å²) in [6.07, 6.45) is 1.28. The Bertz CT molecular complexity index is 1330. The van der Waals surface area contributed by atoms with Crippen LogP contribution in [-0.2, 0) is 14.8 Å². The fourth-order valence-electron chi connectivity index (χ4n) is 2.63. The molecule has 2 N–H and O–H groups in total. The van der Waals surface area contributed by atoms with Crippen molar-refractivity contribution in [2.45, 2.75) is 11.8 Å². The molecule has 8 nitrogen and oxygen atoms in total. The molecule has 0 fully saturated rings. The monoisotopic (exact) mass is 563 g/mol. The van der Waals surface area contributed by atoms with E-state index in [-0.39, 0.29) is 10.6 Å². The highest BCUT2D eigenvalue weighted by Gasteiger charge is 2.15. The number of halogens is 2. The van der Waals surface area contributed by atoms with E-state index in [1.807, 2.05) is 6.92 Å². The quantitative estimate of drug-likeness (QED) is 0.185. The minimum absolute atomic E-state index is 0.0516. The maximum Gasteiger partial charge on any atom is 0.343 e. The highest BCUT2D eigenvalue weighted by molar-refractivity contribution is 9.10. The summed E-state index contributed by atoms with van der Waals surface area (Å²) < 4.78 is 32.9. The Balaban J connectivity index is 1.62. The largest absolute Gasteiger partial charge is 0.422 e. The van der Waals surface area contributed by atoms with E-state index >= 15 is 0 Å². The average molecular weight is 565 g/mol. The SMILES string of the molecule is Cc1ccc(S(=O)(=O)NCC(=O)N/N=C\c2cc(Br)ccc2OC(=O)c2ccc(Cl)cc2)cc1. The lowest BCUT2D eigenvalue weighted by molar-refractivity contribution is -0.119. The van der Waals surface area contributed by atoms with Crippen LogP contribution >= 0.6 is 27.5 Å². The van der Waals surface area contributed by atoms with Gasteiger partial charge in [0.05, 0.1) is 23.2 Å². The van der Waals surface area contributed by atoms with Gasteiger partial charge in [0.25, 0.3) is 5.91 Å². The molecule has 0 atom stereocenters. The van der Waals surface area contributed by atoms with Crippen LogP contribution in [0, 0.1) is 6.92 Å². The zero-order chi connectivity index (χ0) is 24.7. The molecule has 176 valence electrons. The van der Waals surface area contributed by atoms with Crippen LogP contribution in [0.5, 0.6) is 5.75 Å². The fourth-order valence-corrected chi connectivity index (χ4v) is 4.12. The third-order valence-electron chi connectivity index (χ3n) is 4.40. The molecule has 0 aliphatic rings. The number of rotatable bonds is 8. The summed E-state index contributed by atoms with van der Waals surface area (Å²) in [6, 6.07) is 17.3. The molecule has 1 amide bonds. The van der Waals surface area contributed by atoms with Crippen molar-refractivity contribution in [3.8, 4) is 5.75 Å². The van der Waals surface area contributed by atoms with Crippen LogP contribution in [0.3, 0.4) is 0 Å². The van der Waals surface area contributed by atoms with Crippen LogP contribution in [0.1, 0.15) is 21.5 Å². The number of sulfonamides is 1. The summed E-state index contributed by atoms with van der Waals surface area (Å²) in [5.41, 5.74) is 3.86. The van der Waals surface area contributed by atoms with Gasteiger partial charge in [-0.2, -0.15) is 5.10 Å². The lowest BCUT2D eigenvalue weighted by Crippen LogP contribution is -2.34. The number of benzene rings is 3. The van der Waals surface area contributed by atoms with Crippen molar-refractivity contribution >= 4 is 55.6 Å². The average Bonchev–Trinajstić information content (AvgIpc) is 2.80. The number of hydrogen-bond donors (Lipinski definition) is 2. The van der Waals surface area contributed by atoms with Crippen molar-refractivity contribution in [2.24, 2.45) is 5.10 Å². The maximum atomic E-state index is 12.4. The highest BCUT2D eigenvalue weighted by atomic mass is 79.9. The van der Waals surface area contributed by atoms with E-state index in [4.69, 9.17) is 16.3 Å². The number of nitrogens with zero attached hydrogens (tertiary/aromatic N) is 1. The Morgan fingerprint density at radius 3 is 2.41 bits per heavy atom. The van der Waals surface area contributed by atoms with Crippen molar-refractivity contribution in [3.63, 3.8) is 0 Å². The zero-order valence-corrected chi connectivity index (χ0v) is 20.9. The topological polar surface area (TPSA) is 114 Å². The number of hydrazone groups is 1. The fraction of sp³-hybridized carbons (Fsp3) is 0.0870. The number of nitrogens with one attached hydrogen (secondary N) is 2. The van der Waals surface area contributed by atoms with Gasteiger partial charge in [0.2, 0.25) is 10.0 Å². The van der Waals surface area contributed by atoms with Gasteiger partial charge < -0.3 is 4.74 Å². The summed E-state index contributed by atoms with van der Waals surface area (Å²) in [5.74, 6) is -1.06. The third kappa shape index (κ3) is 7.22. The zero-order valence-electron chi connectivity index (χ0n) is 17.8. The smallest absolute Gasteiger partial charge is 0.343 e. The predicted octanol–water partition coefficient (Wildman–Crippen LogP) is 4.06. The van der Waals surface area contributed by atoms with Gasteiger partial charge >= 0.3 is 5.97 Å². The first-order chi connectivity index (χ1) is 16.1. The van der Waals surface area contributed by atoms with Gasteiger partial charge in [-0.3, -0.25) is 4.79 Å². The number of carbonyl (C=O) groups is 2. The first-order valence-electron chi connectivity index (χ1n) is 9.79. The standard InChI is InChI=1S/C23H19BrClN3O5S/c1-15-2-9-20(10-3-15)34(31,32)27-14-22(29)28-26-13-17-12-18(24)6-11-21(17)33-23(30)16-4-7-19(25)8-5-16/h2-13,27H,14H2,1H3,(H,28,29)/b26-13-. The molecule has 0 aliphatic heterocycles. The minimum atomic E-state index is -3.84. The van der Waals surface area contributed by atoms with E-state index in [1.54, 1.807) is 42.5 Å². The summed E-state index contributed by atoms with van der Waals surface area (Å²) >= 11 is 9.17. The highest BCUT2D eigenvalue weighted by Crippen LogP contribution is 2.23. The van der Waals surface area contributed by atoms with Crippen LogP contribution in [-0.4, -0.2) is 33.1 Å². The molecule has 0 bridgehead atoms. The van der Waals surface area contributed by atoms with E-state index in [0.29, 0.717) is 20.6 Å². The number of hydrogen-bond acceptors (Lipinski definition) is 6. The van der Waals surface area contributed by atoms with Crippen molar-refractivity contribution < 1.29 is 22.7 Å². The molecular weight excluding hydrogens is 546 g/mol. The molecule has 3 aromatic carbocycles. The molecule has 34 heavy (non-hydrogen) atoms. The molecule has 3 aromatic rings. The number of esters is 1. The van der Waals surface area contributed by atoms with Crippen molar-refractivity contribution in [2.75, 3.05) is 6.54 Å². The molecule has 0 radical (unpaired) electrons. The van der Waals surface area contributed by atoms with Crippen LogP contribution < -0.4 is 14.9 Å². The first-order valence-corrected chi connectivity index (χ1v) is 12.4. The molecule has 0 unspecified atom stereocenters. The molecule has 0 spiro atoms. The Labute approximate surface area is 210 Å². The van der Waals surface area contributed by atoms with Gasteiger partial charge in [-0.05, 0) is 61.5 Å². The Hall–Kier alpha value is -3.05. The Kier molecular flexibility index (Phi) is 8.56. The second-order valence-electron chi connectivity index (χ2n) is 7.01. The summed E-state index contributed by atoms with van der Waals surface area (Å²) in [6.45, 7) is 1.33. The van der Waals surface area contributed by atoms with Gasteiger partial charge in [-0.1, -0.05) is 45.2 Å². The Morgan fingerprint density at radius 2 is 1.74 bits per heavy atom. The maximum absolute atomic E-state index is 12.4. The summed E-state index contributed by atoms with van der Waals surface area (Å²) in [5, 5.41) is 4.32. The molecule has 3 rings (SSSR count). The van der Waals surface area contributed by atoms with Crippen LogP contribution in [0.2, 0.25) is 5.02 Å².